The molecule has 0 saturated carbocycles. The molecule has 2 bridgehead atoms. The first kappa shape index (κ1) is 29.0. The number of likely N-dealkylation sites (tertiary alicyclic amines) is 1. The van der Waals surface area contributed by atoms with Gasteiger partial charge in [-0.2, -0.15) is 0 Å². The number of hydrogen-bond donors (Lipinski definition) is 0. The first-order valence-electron chi connectivity index (χ1n) is 15.8. The highest BCUT2D eigenvalue weighted by Gasteiger charge is 2.46. The van der Waals surface area contributed by atoms with E-state index in [0.717, 1.165) is 74.2 Å². The minimum absolute atomic E-state index is 0.0303. The number of carbonyl (C=O) groups excluding carboxylic acids is 1. The van der Waals surface area contributed by atoms with Gasteiger partial charge in [0.2, 0.25) is 5.16 Å². The molecule has 2 unspecified atom stereocenters. The minimum atomic E-state index is -1.31. The molecule has 2 saturated heterocycles. The second-order valence-electron chi connectivity index (χ2n) is 12.7. The molecule has 7 rings (SSSR count). The van der Waals surface area contributed by atoms with E-state index in [0.29, 0.717) is 24.9 Å². The number of aryl methyl sites for hydroxylation is 1. The zero-order valence-electron chi connectivity index (χ0n) is 25.4. The van der Waals surface area contributed by atoms with E-state index in [-0.39, 0.29) is 30.2 Å². The molecular formula is C35H40N4O4S. The molecular weight excluding hydrogens is 572 g/mol. The van der Waals surface area contributed by atoms with Crippen LogP contribution in [0.15, 0.2) is 66.3 Å². The van der Waals surface area contributed by atoms with Crippen molar-refractivity contribution in [2.75, 3.05) is 30.9 Å². The van der Waals surface area contributed by atoms with E-state index in [2.05, 4.69) is 41.8 Å². The molecule has 8 nitrogen and oxygen atoms in total. The number of nitrogens with zero attached hydrogens (tertiary/aromatic N) is 4. The quantitative estimate of drug-likeness (QED) is 0.256. The monoisotopic (exact) mass is 612 g/mol. The van der Waals surface area contributed by atoms with Crippen LogP contribution in [0.2, 0.25) is 0 Å². The summed E-state index contributed by atoms with van der Waals surface area (Å²) in [6, 6.07) is 17.2. The Morgan fingerprint density at radius 2 is 1.89 bits per heavy atom. The summed E-state index contributed by atoms with van der Waals surface area (Å²) < 4.78 is 24.5. The van der Waals surface area contributed by atoms with Crippen molar-refractivity contribution in [1.29, 1.82) is 0 Å². The second-order valence-corrected chi connectivity index (χ2v) is 13.9. The van der Waals surface area contributed by atoms with Crippen molar-refractivity contribution in [3.63, 3.8) is 0 Å². The van der Waals surface area contributed by atoms with E-state index in [4.69, 9.17) is 19.4 Å². The largest absolute Gasteiger partial charge is 0.489 e. The van der Waals surface area contributed by atoms with Gasteiger partial charge in [0.25, 0.3) is 0 Å². The molecule has 1 aromatic heterocycles. The van der Waals surface area contributed by atoms with Gasteiger partial charge in [-0.1, -0.05) is 49.1 Å². The summed E-state index contributed by atoms with van der Waals surface area (Å²) >= 11 is 0. The van der Waals surface area contributed by atoms with E-state index in [1.165, 1.54) is 16.7 Å². The fourth-order valence-corrected chi connectivity index (χ4v) is 8.38. The van der Waals surface area contributed by atoms with Gasteiger partial charge in [-0.15, -0.1) is 0 Å². The third-order valence-electron chi connectivity index (χ3n) is 9.98. The summed E-state index contributed by atoms with van der Waals surface area (Å²) in [6.45, 7) is 5.60. The van der Waals surface area contributed by atoms with Crippen LogP contribution in [0.4, 0.5) is 10.6 Å². The van der Waals surface area contributed by atoms with Crippen molar-refractivity contribution in [2.45, 2.75) is 80.6 Å². The molecule has 0 N–H and O–H groups in total. The molecule has 2 aliphatic carbocycles. The molecule has 2 aromatic carbocycles. The lowest BCUT2D eigenvalue weighted by Gasteiger charge is -2.45. The summed E-state index contributed by atoms with van der Waals surface area (Å²) in [5.74, 6) is 1.83. The summed E-state index contributed by atoms with van der Waals surface area (Å²) in [5.41, 5.74) is 6.12. The van der Waals surface area contributed by atoms with E-state index in [1.54, 1.807) is 12.3 Å². The van der Waals surface area contributed by atoms with Crippen molar-refractivity contribution in [3.05, 3.63) is 89.1 Å². The number of carbonyl (C=O) groups is 1. The molecule has 230 valence electrons. The highest BCUT2D eigenvalue weighted by atomic mass is 32.2. The lowest BCUT2D eigenvalue weighted by molar-refractivity contribution is 0.103. The highest BCUT2D eigenvalue weighted by molar-refractivity contribution is 7.84. The Morgan fingerprint density at radius 3 is 2.64 bits per heavy atom. The molecule has 1 spiro atoms. The number of aromatic nitrogens is 2. The third-order valence-corrected chi connectivity index (χ3v) is 10.7. The Kier molecular flexibility index (Phi) is 7.91. The van der Waals surface area contributed by atoms with Gasteiger partial charge in [-0.3, -0.25) is 4.21 Å². The van der Waals surface area contributed by atoms with Gasteiger partial charge >= 0.3 is 6.09 Å². The van der Waals surface area contributed by atoms with Crippen LogP contribution in [0, 0.1) is 0 Å². The Balaban J connectivity index is 1.19. The van der Waals surface area contributed by atoms with E-state index >= 15 is 0 Å². The van der Waals surface area contributed by atoms with Crippen molar-refractivity contribution in [3.8, 4) is 5.75 Å². The lowest BCUT2D eigenvalue weighted by Crippen LogP contribution is -2.56. The fraction of sp³-hybridized carbons (Fsp3) is 0.457. The third kappa shape index (κ3) is 5.40. The van der Waals surface area contributed by atoms with Gasteiger partial charge in [-0.25, -0.2) is 14.8 Å². The van der Waals surface area contributed by atoms with Gasteiger partial charge in [0, 0.05) is 42.4 Å². The molecule has 4 aliphatic rings. The van der Waals surface area contributed by atoms with Gasteiger partial charge < -0.3 is 19.3 Å². The molecule has 2 fully saturated rings. The smallest absolute Gasteiger partial charge is 0.410 e. The van der Waals surface area contributed by atoms with Crippen LogP contribution in [-0.4, -0.2) is 63.2 Å². The van der Waals surface area contributed by atoms with Gasteiger partial charge in [0.05, 0.1) is 16.5 Å². The molecule has 0 radical (unpaired) electrons. The minimum Gasteiger partial charge on any atom is -0.489 e. The van der Waals surface area contributed by atoms with Crippen LogP contribution < -0.4 is 9.64 Å². The van der Waals surface area contributed by atoms with E-state index in [1.807, 2.05) is 23.1 Å². The number of amides is 1. The van der Waals surface area contributed by atoms with Gasteiger partial charge in [0.1, 0.15) is 24.8 Å². The predicted molar refractivity (Wildman–Crippen MR) is 171 cm³/mol. The lowest BCUT2D eigenvalue weighted by atomic mass is 9.62. The van der Waals surface area contributed by atoms with Crippen molar-refractivity contribution in [2.24, 2.45) is 0 Å². The van der Waals surface area contributed by atoms with Gasteiger partial charge in [-0.05, 0) is 80.2 Å². The maximum Gasteiger partial charge on any atom is 0.410 e. The number of piperazine rings is 1. The molecule has 3 aromatic rings. The van der Waals surface area contributed by atoms with E-state index in [9.17, 15) is 9.00 Å². The van der Waals surface area contributed by atoms with Crippen molar-refractivity contribution < 1.29 is 18.5 Å². The molecule has 1 amide bonds. The van der Waals surface area contributed by atoms with Crippen LogP contribution in [0.1, 0.15) is 60.1 Å². The predicted octanol–water partition coefficient (Wildman–Crippen LogP) is 5.53. The Bertz CT molecular complexity index is 1580. The Morgan fingerprint density at radius 1 is 1.09 bits per heavy atom. The summed E-state index contributed by atoms with van der Waals surface area (Å²) in [6.07, 6.45) is 11.0. The maximum absolute atomic E-state index is 12.9. The molecule has 2 aliphatic heterocycles. The molecule has 3 heterocycles. The summed E-state index contributed by atoms with van der Waals surface area (Å²) in [7, 11) is -1.31. The van der Waals surface area contributed by atoms with Gasteiger partial charge in [0.15, 0.2) is 0 Å². The number of ether oxygens (including phenoxy) is 2. The zero-order valence-corrected chi connectivity index (χ0v) is 26.2. The van der Waals surface area contributed by atoms with Crippen molar-refractivity contribution >= 4 is 22.7 Å². The normalized spacial score (nSPS) is 24.4. The van der Waals surface area contributed by atoms with E-state index < -0.39 is 10.8 Å². The second kappa shape index (κ2) is 12.0. The number of fused-ring (bicyclic) bond motifs is 5. The van der Waals surface area contributed by atoms with Crippen LogP contribution in [0.5, 0.6) is 5.75 Å². The standard InChI is InChI=1S/C35H40N4O4S/c1-3-18-42-34(40)38-21-26-12-13-27(22-38)39(26)32-29-15-17-35(20-31(29)36-33(37-32)44(2)41)16-7-10-25-11-14-28(19-30(25)35)43-23-24-8-5-4-6-9-24/h3-6,8-9,11,14,19,26-27H,1,7,10,12-13,15-18,20-23H2,2H3/t26-,27+,35?,44?. The number of anilines is 1. The SMILES string of the molecule is C=CCOC(=O)N1C[C@H]2CC[C@@H](C1)N2c1nc(S(C)=O)nc2c1CCC1(CCCc3ccc(OCc4ccccc4)cc31)C2. The number of hydrogen-bond acceptors (Lipinski definition) is 7. The first-order valence-corrected chi connectivity index (χ1v) is 17.3. The first-order chi connectivity index (χ1) is 21.4. The maximum atomic E-state index is 12.9. The summed E-state index contributed by atoms with van der Waals surface area (Å²) in [4.78, 5) is 26.8. The molecule has 4 atom stereocenters. The zero-order chi connectivity index (χ0) is 30.3. The molecule has 9 heteroatoms. The summed E-state index contributed by atoms with van der Waals surface area (Å²) in [5, 5.41) is 0.402. The van der Waals surface area contributed by atoms with Crippen LogP contribution in [0.3, 0.4) is 0 Å². The van der Waals surface area contributed by atoms with Crippen LogP contribution in [0.25, 0.3) is 0 Å². The fourth-order valence-electron chi connectivity index (χ4n) is 7.93. The topological polar surface area (TPSA) is 84.9 Å². The highest BCUT2D eigenvalue weighted by Crippen LogP contribution is 2.49. The average Bonchev–Trinajstić information content (AvgIpc) is 3.30. The Hall–Kier alpha value is -3.72. The van der Waals surface area contributed by atoms with Crippen LogP contribution in [-0.2, 0) is 46.8 Å². The number of rotatable bonds is 7. The number of benzene rings is 2. The Labute approximate surface area is 261 Å². The molecule has 44 heavy (non-hydrogen) atoms. The average molecular weight is 613 g/mol. The van der Waals surface area contributed by atoms with Crippen molar-refractivity contribution in [1.82, 2.24) is 14.9 Å². The van der Waals surface area contributed by atoms with Crippen LogP contribution >= 0.6 is 0 Å².